The van der Waals surface area contributed by atoms with E-state index in [1.807, 2.05) is 49.2 Å². The van der Waals surface area contributed by atoms with Gasteiger partial charge in [0.05, 0.1) is 54.9 Å². The quantitative estimate of drug-likeness (QED) is 0.129. The van der Waals surface area contributed by atoms with E-state index < -0.39 is 24.3 Å². The van der Waals surface area contributed by atoms with Crippen LogP contribution < -0.4 is 10.6 Å². The first-order valence-electron chi connectivity index (χ1n) is 20.4. The lowest BCUT2D eigenvalue weighted by Crippen LogP contribution is -2.53. The molecule has 59 heavy (non-hydrogen) atoms. The summed E-state index contributed by atoms with van der Waals surface area (Å²) >= 11 is 0. The van der Waals surface area contributed by atoms with Crippen molar-refractivity contribution in [1.82, 2.24) is 45.4 Å². The number of imidazole rings is 2. The number of amides is 4. The van der Waals surface area contributed by atoms with Gasteiger partial charge in [0.25, 0.3) is 0 Å². The number of aromatic amines is 2. The molecule has 310 valence electrons. The van der Waals surface area contributed by atoms with E-state index in [1.165, 1.54) is 14.2 Å². The first-order chi connectivity index (χ1) is 28.6. The van der Waals surface area contributed by atoms with Gasteiger partial charge in [-0.2, -0.15) is 0 Å². The molecule has 4 N–H and O–H groups in total. The first-order valence-corrected chi connectivity index (χ1v) is 20.4. The fourth-order valence-corrected chi connectivity index (χ4v) is 8.77. The van der Waals surface area contributed by atoms with Crippen LogP contribution in [0.25, 0.3) is 44.3 Å². The van der Waals surface area contributed by atoms with E-state index in [9.17, 15) is 19.2 Å². The van der Waals surface area contributed by atoms with Gasteiger partial charge in [0.15, 0.2) is 0 Å². The molecule has 6 heterocycles. The number of hydrogen-bond acceptors (Lipinski definition) is 10. The van der Waals surface area contributed by atoms with Gasteiger partial charge in [-0.25, -0.2) is 19.6 Å². The minimum Gasteiger partial charge on any atom is -0.453 e. The molecule has 0 aliphatic carbocycles. The van der Waals surface area contributed by atoms with Gasteiger partial charge in [-0.3, -0.25) is 14.6 Å². The minimum absolute atomic E-state index is 0.0383. The standard InChI is InChI=1S/C43H51N9O7/c1-24(2)36(49-42(55)57-3)40(53)51-15-5-7-34(51)38-45-23-33(48-38)27-10-9-26-20-31(44-22-29(26)19-27)28-11-12-30-32(21-28)47-39(46-30)35-8-6-16-52(35)41(54)37(50-43(56)58-4)25-13-17-59-18-14-25/h9-12,19-25,34-37H,5-8,13-18H2,1-4H3,(H,45,48)(H,46,47)(H,49,55)(H,50,56)/t34-,35-,36-,37-/m0/s1. The average molecular weight is 806 g/mol. The number of methoxy groups -OCH3 is 2. The Kier molecular flexibility index (Phi) is 11.5. The molecule has 4 atom stereocenters. The number of carbonyl (C=O) groups is 4. The molecule has 8 rings (SSSR count). The van der Waals surface area contributed by atoms with Crippen LogP contribution in [0.5, 0.6) is 0 Å². The van der Waals surface area contributed by atoms with Crippen LogP contribution in [-0.2, 0) is 23.8 Å². The summed E-state index contributed by atoms with van der Waals surface area (Å²) in [5.41, 5.74) is 5.16. The van der Waals surface area contributed by atoms with Gasteiger partial charge in [0, 0.05) is 49.0 Å². The molecular formula is C43H51N9O7. The maximum Gasteiger partial charge on any atom is 0.407 e. The van der Waals surface area contributed by atoms with Gasteiger partial charge in [-0.1, -0.05) is 32.0 Å². The molecule has 0 unspecified atom stereocenters. The van der Waals surface area contributed by atoms with Gasteiger partial charge in [0.2, 0.25) is 11.8 Å². The molecule has 3 aromatic heterocycles. The number of fused-ring (bicyclic) bond motifs is 2. The van der Waals surface area contributed by atoms with Crippen molar-refractivity contribution in [2.24, 2.45) is 11.8 Å². The Balaban J connectivity index is 0.979. The van der Waals surface area contributed by atoms with Crippen LogP contribution in [0.1, 0.15) is 76.1 Å². The third-order valence-electron chi connectivity index (χ3n) is 12.0. The molecule has 3 fully saturated rings. The average Bonchev–Trinajstić information content (AvgIpc) is 4.10. The molecule has 3 saturated heterocycles. The van der Waals surface area contributed by atoms with Crippen molar-refractivity contribution >= 4 is 45.8 Å². The molecule has 0 saturated carbocycles. The molecular weight excluding hydrogens is 755 g/mol. The number of alkyl carbamates (subject to hydrolysis) is 2. The summed E-state index contributed by atoms with van der Waals surface area (Å²) in [4.78, 5) is 77.0. The first kappa shape index (κ1) is 39.8. The molecule has 5 aromatic rings. The Labute approximate surface area is 341 Å². The van der Waals surface area contributed by atoms with E-state index in [1.54, 1.807) is 11.1 Å². The largest absolute Gasteiger partial charge is 0.453 e. The molecule has 0 bridgehead atoms. The van der Waals surface area contributed by atoms with Crippen molar-refractivity contribution in [3.8, 4) is 22.5 Å². The zero-order chi connectivity index (χ0) is 41.2. The fourth-order valence-electron chi connectivity index (χ4n) is 8.77. The zero-order valence-electron chi connectivity index (χ0n) is 33.8. The Bertz CT molecular complexity index is 2350. The summed E-state index contributed by atoms with van der Waals surface area (Å²) in [6.45, 7) is 6.06. The van der Waals surface area contributed by atoms with E-state index in [0.29, 0.717) is 45.0 Å². The second-order valence-electron chi connectivity index (χ2n) is 16.0. The van der Waals surface area contributed by atoms with Crippen molar-refractivity contribution in [2.75, 3.05) is 40.5 Å². The SMILES string of the molecule is COC(=O)N[C@H](C(=O)N1CCC[C@H]1c1ncc(-c2ccc3cc(-c4ccc5nc([C@@H]6CCCN6C(=O)[C@@H](NC(=O)OC)C6CCOCC6)[nH]c5c4)ncc3c2)[nH]1)C(C)C. The zero-order valence-corrected chi connectivity index (χ0v) is 33.8. The van der Waals surface area contributed by atoms with Crippen LogP contribution in [-0.4, -0.2) is 111 Å². The predicted octanol–water partition coefficient (Wildman–Crippen LogP) is 6.03. The number of benzene rings is 2. The van der Waals surface area contributed by atoms with Gasteiger partial charge in [-0.15, -0.1) is 0 Å². The van der Waals surface area contributed by atoms with Crippen molar-refractivity contribution < 1.29 is 33.4 Å². The molecule has 3 aliphatic rings. The minimum atomic E-state index is -0.700. The normalized spacial score (nSPS) is 19.6. The summed E-state index contributed by atoms with van der Waals surface area (Å²) < 4.78 is 15.2. The highest BCUT2D eigenvalue weighted by Gasteiger charge is 2.41. The molecule has 0 radical (unpaired) electrons. The van der Waals surface area contributed by atoms with E-state index in [-0.39, 0.29) is 35.7 Å². The van der Waals surface area contributed by atoms with E-state index >= 15 is 0 Å². The summed E-state index contributed by atoms with van der Waals surface area (Å²) in [5.74, 6) is 0.999. The van der Waals surface area contributed by atoms with Crippen molar-refractivity contribution in [1.29, 1.82) is 0 Å². The lowest BCUT2D eigenvalue weighted by atomic mass is 9.90. The predicted molar refractivity (Wildman–Crippen MR) is 219 cm³/mol. The van der Waals surface area contributed by atoms with E-state index in [2.05, 4.69) is 38.8 Å². The van der Waals surface area contributed by atoms with Crippen LogP contribution in [0.15, 0.2) is 54.9 Å². The Morgan fingerprint density at radius 1 is 0.763 bits per heavy atom. The third kappa shape index (κ3) is 8.18. The maximum absolute atomic E-state index is 14.0. The number of rotatable bonds is 10. The summed E-state index contributed by atoms with van der Waals surface area (Å²) in [6, 6.07) is 12.4. The third-order valence-corrected chi connectivity index (χ3v) is 12.0. The molecule has 2 aromatic carbocycles. The highest BCUT2D eigenvalue weighted by Crippen LogP contribution is 2.36. The lowest BCUT2D eigenvalue weighted by Gasteiger charge is -2.34. The van der Waals surface area contributed by atoms with E-state index in [4.69, 9.17) is 29.2 Å². The molecule has 0 spiro atoms. The van der Waals surface area contributed by atoms with Crippen LogP contribution in [0.2, 0.25) is 0 Å². The second-order valence-corrected chi connectivity index (χ2v) is 16.0. The highest BCUT2D eigenvalue weighted by molar-refractivity contribution is 5.91. The Morgan fingerprint density at radius 3 is 2.19 bits per heavy atom. The second kappa shape index (κ2) is 17.1. The Morgan fingerprint density at radius 2 is 1.46 bits per heavy atom. The van der Waals surface area contributed by atoms with Gasteiger partial charge in [-0.05, 0) is 80.0 Å². The van der Waals surface area contributed by atoms with Gasteiger partial charge >= 0.3 is 12.2 Å². The molecule has 16 heteroatoms. The van der Waals surface area contributed by atoms with Crippen LogP contribution in [0.4, 0.5) is 9.59 Å². The number of aromatic nitrogens is 5. The molecule has 4 amide bonds. The smallest absolute Gasteiger partial charge is 0.407 e. The molecule has 16 nitrogen and oxygen atoms in total. The maximum atomic E-state index is 14.0. The summed E-state index contributed by atoms with van der Waals surface area (Å²) in [5, 5.41) is 7.50. The van der Waals surface area contributed by atoms with Crippen molar-refractivity contribution in [2.45, 2.75) is 76.5 Å². The van der Waals surface area contributed by atoms with Crippen LogP contribution in [0, 0.1) is 11.8 Å². The van der Waals surface area contributed by atoms with Gasteiger partial charge < -0.3 is 44.6 Å². The number of nitrogens with one attached hydrogen (secondary N) is 4. The Hall–Kier alpha value is -6.03. The van der Waals surface area contributed by atoms with E-state index in [0.717, 1.165) is 75.8 Å². The number of likely N-dealkylation sites (tertiary alicyclic amines) is 2. The highest BCUT2D eigenvalue weighted by atomic mass is 16.5. The lowest BCUT2D eigenvalue weighted by molar-refractivity contribution is -0.137. The van der Waals surface area contributed by atoms with Crippen molar-refractivity contribution in [3.63, 3.8) is 0 Å². The number of ether oxygens (including phenoxy) is 3. The number of H-pyrrole nitrogens is 2. The van der Waals surface area contributed by atoms with Crippen LogP contribution in [0.3, 0.4) is 0 Å². The number of nitrogens with zero attached hydrogens (tertiary/aromatic N) is 5. The monoisotopic (exact) mass is 805 g/mol. The summed E-state index contributed by atoms with van der Waals surface area (Å²) in [6.07, 6.45) is 6.98. The number of hydrogen-bond donors (Lipinski definition) is 4. The van der Waals surface area contributed by atoms with Gasteiger partial charge in [0.1, 0.15) is 23.7 Å². The van der Waals surface area contributed by atoms with Crippen LogP contribution >= 0.6 is 0 Å². The molecule has 3 aliphatic heterocycles. The topological polar surface area (TPSA) is 197 Å². The summed E-state index contributed by atoms with van der Waals surface area (Å²) in [7, 11) is 2.59. The fraction of sp³-hybridized carbons (Fsp3) is 0.465. The number of pyridine rings is 1. The number of carbonyl (C=O) groups excluding carboxylic acids is 4. The van der Waals surface area contributed by atoms with Crippen molar-refractivity contribution in [3.05, 3.63) is 66.5 Å².